The van der Waals surface area contributed by atoms with Crippen LogP contribution < -0.4 is 5.32 Å². The van der Waals surface area contributed by atoms with E-state index < -0.39 is 22.7 Å². The summed E-state index contributed by atoms with van der Waals surface area (Å²) in [6.45, 7) is 7.99. The molecular weight excluding hydrogens is 430 g/mol. The van der Waals surface area contributed by atoms with Crippen LogP contribution in [0, 0.1) is 10.1 Å². The predicted octanol–water partition coefficient (Wildman–Crippen LogP) is 5.27. The molecule has 1 aromatic heterocycles. The van der Waals surface area contributed by atoms with Gasteiger partial charge in [-0.1, -0.05) is 38.0 Å². The highest BCUT2D eigenvalue weighted by molar-refractivity contribution is 7.09. The first-order valence-corrected chi connectivity index (χ1v) is 11.5. The number of amides is 2. The summed E-state index contributed by atoms with van der Waals surface area (Å²) in [5, 5.41) is 15.6. The summed E-state index contributed by atoms with van der Waals surface area (Å²) in [6.07, 6.45) is 1.53. The van der Waals surface area contributed by atoms with Crippen molar-refractivity contribution < 1.29 is 19.2 Å². The van der Waals surface area contributed by atoms with E-state index in [0.717, 1.165) is 23.3 Å². The van der Waals surface area contributed by atoms with Gasteiger partial charge in [0.1, 0.15) is 11.6 Å². The average Bonchev–Trinajstić information content (AvgIpc) is 3.22. The number of rotatable bonds is 10. The van der Waals surface area contributed by atoms with E-state index in [0.29, 0.717) is 13.0 Å². The molecule has 0 bridgehead atoms. The van der Waals surface area contributed by atoms with Crippen molar-refractivity contribution in [2.45, 2.75) is 71.7 Å². The molecule has 0 spiro atoms. The standard InChI is InChI=1S/C23H31N3O5S/c1-5-6-9-20(24-22(28)31-23(2,3)4)21(27)25(16-19-8-7-14-32-19)15-17-10-12-18(13-11-17)26(29)30/h7-8,10-14,20H,5-6,9,15-16H2,1-4H3,(H,24,28)/t20-/m1/s1. The molecule has 2 rings (SSSR count). The number of alkyl carbamates (subject to hydrolysis) is 1. The van der Waals surface area contributed by atoms with E-state index in [1.54, 1.807) is 49.1 Å². The van der Waals surface area contributed by atoms with E-state index in [9.17, 15) is 19.7 Å². The fraction of sp³-hybridized carbons (Fsp3) is 0.478. The topological polar surface area (TPSA) is 102 Å². The number of hydrogen-bond donors (Lipinski definition) is 1. The van der Waals surface area contributed by atoms with E-state index in [2.05, 4.69) is 5.32 Å². The van der Waals surface area contributed by atoms with E-state index in [4.69, 9.17) is 4.74 Å². The van der Waals surface area contributed by atoms with Gasteiger partial charge in [0.25, 0.3) is 5.69 Å². The van der Waals surface area contributed by atoms with Gasteiger partial charge in [0.15, 0.2) is 0 Å². The number of carbonyl (C=O) groups is 2. The molecule has 1 aromatic carbocycles. The smallest absolute Gasteiger partial charge is 0.408 e. The average molecular weight is 462 g/mol. The van der Waals surface area contributed by atoms with Crippen LogP contribution in [-0.4, -0.2) is 33.5 Å². The summed E-state index contributed by atoms with van der Waals surface area (Å²) in [6, 6.07) is 9.30. The molecule has 1 heterocycles. The van der Waals surface area contributed by atoms with Crippen molar-refractivity contribution in [2.75, 3.05) is 0 Å². The third-order valence-electron chi connectivity index (χ3n) is 4.59. The third-order valence-corrected chi connectivity index (χ3v) is 5.46. The van der Waals surface area contributed by atoms with Crippen molar-refractivity contribution in [2.24, 2.45) is 0 Å². The Balaban J connectivity index is 2.23. The van der Waals surface area contributed by atoms with E-state index in [1.165, 1.54) is 12.1 Å². The van der Waals surface area contributed by atoms with Crippen molar-refractivity contribution in [1.29, 1.82) is 0 Å². The number of non-ortho nitro benzene ring substituents is 1. The lowest BCUT2D eigenvalue weighted by molar-refractivity contribution is -0.384. The summed E-state index contributed by atoms with van der Waals surface area (Å²) in [7, 11) is 0. The molecular formula is C23H31N3O5S. The van der Waals surface area contributed by atoms with E-state index in [1.807, 2.05) is 24.4 Å². The Morgan fingerprint density at radius 1 is 1.19 bits per heavy atom. The quantitative estimate of drug-likeness (QED) is 0.384. The number of unbranched alkanes of at least 4 members (excludes halogenated alkanes) is 1. The van der Waals surface area contributed by atoms with Gasteiger partial charge in [-0.25, -0.2) is 4.79 Å². The second-order valence-corrected chi connectivity index (χ2v) is 9.57. The lowest BCUT2D eigenvalue weighted by Gasteiger charge is -2.29. The predicted molar refractivity (Wildman–Crippen MR) is 124 cm³/mol. The molecule has 0 fully saturated rings. The van der Waals surface area contributed by atoms with Crippen LogP contribution in [0.3, 0.4) is 0 Å². The number of nitro groups is 1. The lowest BCUT2D eigenvalue weighted by atomic mass is 10.1. The molecule has 0 aliphatic rings. The molecule has 0 aliphatic carbocycles. The first-order valence-electron chi connectivity index (χ1n) is 10.6. The molecule has 174 valence electrons. The molecule has 2 amide bonds. The molecule has 0 radical (unpaired) electrons. The zero-order chi connectivity index (χ0) is 23.7. The summed E-state index contributed by atoms with van der Waals surface area (Å²) in [5.74, 6) is -0.212. The maximum Gasteiger partial charge on any atom is 0.408 e. The minimum Gasteiger partial charge on any atom is -0.444 e. The van der Waals surface area contributed by atoms with Crippen molar-refractivity contribution in [3.8, 4) is 0 Å². The van der Waals surface area contributed by atoms with E-state index >= 15 is 0 Å². The van der Waals surface area contributed by atoms with E-state index in [-0.39, 0.29) is 18.1 Å². The van der Waals surface area contributed by atoms with Crippen LogP contribution in [0.4, 0.5) is 10.5 Å². The summed E-state index contributed by atoms with van der Waals surface area (Å²) in [4.78, 5) is 39.0. The zero-order valence-electron chi connectivity index (χ0n) is 19.0. The first-order chi connectivity index (χ1) is 15.1. The molecule has 9 heteroatoms. The number of carbonyl (C=O) groups excluding carboxylic acids is 2. The molecule has 32 heavy (non-hydrogen) atoms. The normalized spacial score (nSPS) is 12.1. The molecule has 0 saturated heterocycles. The molecule has 0 saturated carbocycles. The first kappa shape index (κ1) is 25.3. The number of hydrogen-bond acceptors (Lipinski definition) is 6. The van der Waals surface area contributed by atoms with Crippen LogP contribution >= 0.6 is 11.3 Å². The minimum absolute atomic E-state index is 0.00250. The zero-order valence-corrected chi connectivity index (χ0v) is 19.8. The van der Waals surface area contributed by atoms with Crippen molar-refractivity contribution in [3.05, 3.63) is 62.3 Å². The van der Waals surface area contributed by atoms with Gasteiger partial charge in [-0.05, 0) is 44.2 Å². The third kappa shape index (κ3) is 8.30. The van der Waals surface area contributed by atoms with Crippen LogP contribution in [0.15, 0.2) is 41.8 Å². The Kier molecular flexibility index (Phi) is 9.19. The number of ether oxygens (including phenoxy) is 1. The number of nitro benzene ring substituents is 1. The SMILES string of the molecule is CCCC[C@@H](NC(=O)OC(C)(C)C)C(=O)N(Cc1ccc([N+](=O)[O-])cc1)Cc1cccs1. The van der Waals surface area contributed by atoms with Crippen molar-refractivity contribution >= 4 is 29.0 Å². The summed E-state index contributed by atoms with van der Waals surface area (Å²) < 4.78 is 5.36. The fourth-order valence-electron chi connectivity index (χ4n) is 3.08. The van der Waals surface area contributed by atoms with Crippen LogP contribution in [0.25, 0.3) is 0 Å². The van der Waals surface area contributed by atoms with Gasteiger partial charge < -0.3 is 15.0 Å². The summed E-state index contributed by atoms with van der Waals surface area (Å²) in [5.41, 5.74) is 0.0991. The highest BCUT2D eigenvalue weighted by atomic mass is 32.1. The Labute approximate surface area is 192 Å². The molecule has 2 aromatic rings. The Hall–Kier alpha value is -2.94. The molecule has 0 unspecified atom stereocenters. The van der Waals surface area contributed by atoms with Crippen LogP contribution in [-0.2, 0) is 22.6 Å². The van der Waals surface area contributed by atoms with Gasteiger partial charge in [-0.3, -0.25) is 14.9 Å². The molecule has 8 nitrogen and oxygen atoms in total. The Morgan fingerprint density at radius 3 is 2.41 bits per heavy atom. The monoisotopic (exact) mass is 461 g/mol. The van der Waals surface area contributed by atoms with Gasteiger partial charge >= 0.3 is 6.09 Å². The number of benzene rings is 1. The van der Waals surface area contributed by atoms with Gasteiger partial charge in [0.2, 0.25) is 5.91 Å². The second kappa shape index (κ2) is 11.6. The second-order valence-electron chi connectivity index (χ2n) is 8.54. The van der Waals surface area contributed by atoms with Crippen LogP contribution in [0.1, 0.15) is 57.4 Å². The Bertz CT molecular complexity index is 891. The Morgan fingerprint density at radius 2 is 1.88 bits per heavy atom. The van der Waals surface area contributed by atoms with Crippen molar-refractivity contribution in [1.82, 2.24) is 10.2 Å². The largest absolute Gasteiger partial charge is 0.444 e. The van der Waals surface area contributed by atoms with Gasteiger partial charge in [-0.2, -0.15) is 0 Å². The van der Waals surface area contributed by atoms with Crippen LogP contribution in [0.5, 0.6) is 0 Å². The fourth-order valence-corrected chi connectivity index (χ4v) is 3.80. The van der Waals surface area contributed by atoms with Crippen molar-refractivity contribution in [3.63, 3.8) is 0 Å². The van der Waals surface area contributed by atoms with Gasteiger partial charge in [0.05, 0.1) is 11.5 Å². The molecule has 1 atom stereocenters. The highest BCUT2D eigenvalue weighted by Gasteiger charge is 2.28. The number of thiophene rings is 1. The van der Waals surface area contributed by atoms with Gasteiger partial charge in [-0.15, -0.1) is 11.3 Å². The highest BCUT2D eigenvalue weighted by Crippen LogP contribution is 2.19. The summed E-state index contributed by atoms with van der Waals surface area (Å²) >= 11 is 1.54. The van der Waals surface area contributed by atoms with Crippen LogP contribution in [0.2, 0.25) is 0 Å². The molecule has 0 aliphatic heterocycles. The number of nitrogens with zero attached hydrogens (tertiary/aromatic N) is 2. The maximum atomic E-state index is 13.5. The molecule has 1 N–H and O–H groups in total. The minimum atomic E-state index is -0.720. The maximum absolute atomic E-state index is 13.5. The van der Waals surface area contributed by atoms with Gasteiger partial charge in [0, 0.05) is 23.6 Å². The lowest BCUT2D eigenvalue weighted by Crippen LogP contribution is -2.49. The number of nitrogens with one attached hydrogen (secondary N) is 1.